The molecule has 1 heterocycles. The summed E-state index contributed by atoms with van der Waals surface area (Å²) in [6, 6.07) is 3.77. The normalized spacial score (nSPS) is 10.5. The maximum absolute atomic E-state index is 12.3. The van der Waals surface area contributed by atoms with E-state index in [1.54, 1.807) is 0 Å². The molecule has 0 saturated carbocycles. The van der Waals surface area contributed by atoms with Crippen molar-refractivity contribution in [3.8, 4) is 11.5 Å². The van der Waals surface area contributed by atoms with Crippen LogP contribution < -0.4 is 14.8 Å². The first-order chi connectivity index (χ1) is 10.9. The Morgan fingerprint density at radius 2 is 1.87 bits per heavy atom. The van der Waals surface area contributed by atoms with Crippen LogP contribution >= 0.6 is 23.2 Å². The fourth-order valence-corrected chi connectivity index (χ4v) is 2.18. The van der Waals surface area contributed by atoms with E-state index in [1.165, 1.54) is 37.7 Å². The van der Waals surface area contributed by atoms with E-state index in [1.807, 2.05) is 0 Å². The second-order valence-corrected chi connectivity index (χ2v) is 4.99. The van der Waals surface area contributed by atoms with Crippen molar-refractivity contribution >= 4 is 34.8 Å². The van der Waals surface area contributed by atoms with E-state index in [9.17, 15) is 13.6 Å². The SMILES string of the molecule is COc1cc(C(=O)Nc2c(Cl)cncc2Cl)ccc1OC(F)F. The molecule has 0 aliphatic carbocycles. The van der Waals surface area contributed by atoms with Gasteiger partial charge in [-0.3, -0.25) is 9.78 Å². The van der Waals surface area contributed by atoms with Crippen LogP contribution in [-0.2, 0) is 0 Å². The van der Waals surface area contributed by atoms with Crippen LogP contribution in [0.5, 0.6) is 11.5 Å². The summed E-state index contributed by atoms with van der Waals surface area (Å²) in [6.07, 6.45) is 2.65. The van der Waals surface area contributed by atoms with Gasteiger partial charge in [-0.25, -0.2) is 0 Å². The van der Waals surface area contributed by atoms with Crippen molar-refractivity contribution in [2.75, 3.05) is 12.4 Å². The molecular weight excluding hydrogens is 353 g/mol. The molecule has 5 nitrogen and oxygen atoms in total. The molecule has 0 fully saturated rings. The number of ether oxygens (including phenoxy) is 2. The lowest BCUT2D eigenvalue weighted by Crippen LogP contribution is -2.13. The maximum atomic E-state index is 12.3. The Labute approximate surface area is 140 Å². The molecular formula is C14H10Cl2F2N2O3. The largest absolute Gasteiger partial charge is 0.493 e. The van der Waals surface area contributed by atoms with E-state index in [-0.39, 0.29) is 32.8 Å². The number of nitrogens with zero attached hydrogens (tertiary/aromatic N) is 1. The molecule has 1 amide bonds. The van der Waals surface area contributed by atoms with Gasteiger partial charge in [0.2, 0.25) is 0 Å². The Morgan fingerprint density at radius 1 is 1.22 bits per heavy atom. The number of alkyl halides is 2. The molecule has 1 N–H and O–H groups in total. The highest BCUT2D eigenvalue weighted by Crippen LogP contribution is 2.32. The molecule has 0 aliphatic rings. The molecule has 23 heavy (non-hydrogen) atoms. The van der Waals surface area contributed by atoms with E-state index >= 15 is 0 Å². The Morgan fingerprint density at radius 3 is 2.43 bits per heavy atom. The lowest BCUT2D eigenvalue weighted by atomic mass is 10.2. The lowest BCUT2D eigenvalue weighted by Gasteiger charge is -2.12. The minimum absolute atomic E-state index is 0.00938. The molecule has 9 heteroatoms. The van der Waals surface area contributed by atoms with Gasteiger partial charge in [0.25, 0.3) is 5.91 Å². The average molecular weight is 363 g/mol. The number of nitrogens with one attached hydrogen (secondary N) is 1. The van der Waals surface area contributed by atoms with Crippen molar-refractivity contribution < 1.29 is 23.0 Å². The van der Waals surface area contributed by atoms with Crippen molar-refractivity contribution in [1.82, 2.24) is 4.98 Å². The van der Waals surface area contributed by atoms with E-state index in [2.05, 4.69) is 15.0 Å². The van der Waals surface area contributed by atoms with Gasteiger partial charge in [-0.2, -0.15) is 8.78 Å². The highest BCUT2D eigenvalue weighted by molar-refractivity contribution is 6.39. The van der Waals surface area contributed by atoms with Gasteiger partial charge in [0.05, 0.1) is 22.8 Å². The summed E-state index contributed by atoms with van der Waals surface area (Å²) in [4.78, 5) is 16.0. The number of pyridine rings is 1. The van der Waals surface area contributed by atoms with Crippen LogP contribution in [0.1, 0.15) is 10.4 Å². The second-order valence-electron chi connectivity index (χ2n) is 4.18. The number of methoxy groups -OCH3 is 1. The van der Waals surface area contributed by atoms with Crippen LogP contribution in [-0.4, -0.2) is 24.6 Å². The van der Waals surface area contributed by atoms with Crippen LogP contribution in [0.25, 0.3) is 0 Å². The molecule has 0 saturated heterocycles. The van der Waals surface area contributed by atoms with Crippen LogP contribution in [0.2, 0.25) is 10.0 Å². The number of hydrogen-bond acceptors (Lipinski definition) is 4. The molecule has 0 radical (unpaired) electrons. The smallest absolute Gasteiger partial charge is 0.387 e. The summed E-state index contributed by atoms with van der Waals surface area (Å²) >= 11 is 11.8. The van der Waals surface area contributed by atoms with E-state index < -0.39 is 12.5 Å². The number of carbonyl (C=O) groups is 1. The molecule has 0 bridgehead atoms. The van der Waals surface area contributed by atoms with Crippen molar-refractivity contribution in [1.29, 1.82) is 0 Å². The molecule has 0 spiro atoms. The summed E-state index contributed by atoms with van der Waals surface area (Å²) in [5, 5.41) is 2.84. The molecule has 0 aliphatic heterocycles. The third kappa shape index (κ3) is 4.20. The first-order valence-electron chi connectivity index (χ1n) is 6.15. The maximum Gasteiger partial charge on any atom is 0.387 e. The number of hydrogen-bond donors (Lipinski definition) is 1. The predicted octanol–water partition coefficient (Wildman–Crippen LogP) is 4.25. The van der Waals surface area contributed by atoms with Crippen molar-refractivity contribution in [3.63, 3.8) is 0 Å². The van der Waals surface area contributed by atoms with Gasteiger partial charge < -0.3 is 14.8 Å². The van der Waals surface area contributed by atoms with Gasteiger partial charge in [-0.15, -0.1) is 0 Å². The molecule has 1 aromatic carbocycles. The molecule has 0 unspecified atom stereocenters. The van der Waals surface area contributed by atoms with E-state index in [0.29, 0.717) is 0 Å². The van der Waals surface area contributed by atoms with Crippen molar-refractivity contribution in [2.24, 2.45) is 0 Å². The monoisotopic (exact) mass is 362 g/mol. The minimum Gasteiger partial charge on any atom is -0.493 e. The molecule has 1 aromatic heterocycles. The van der Waals surface area contributed by atoms with Crippen molar-refractivity contribution in [2.45, 2.75) is 6.61 Å². The number of aromatic nitrogens is 1. The first kappa shape index (κ1) is 17.2. The fraction of sp³-hybridized carbons (Fsp3) is 0.143. The summed E-state index contributed by atoms with van der Waals surface area (Å²) in [6.45, 7) is -3.00. The van der Waals surface area contributed by atoms with Gasteiger partial charge >= 0.3 is 6.61 Å². The fourth-order valence-electron chi connectivity index (χ4n) is 1.72. The third-order valence-electron chi connectivity index (χ3n) is 2.73. The van der Waals surface area contributed by atoms with Gasteiger partial charge in [-0.05, 0) is 18.2 Å². The molecule has 2 rings (SSSR count). The highest BCUT2D eigenvalue weighted by Gasteiger charge is 2.16. The Balaban J connectivity index is 2.26. The summed E-state index contributed by atoms with van der Waals surface area (Å²) in [5.41, 5.74) is 0.340. The summed E-state index contributed by atoms with van der Waals surface area (Å²) in [7, 11) is 1.27. The Hall–Kier alpha value is -2.12. The van der Waals surface area contributed by atoms with E-state index in [0.717, 1.165) is 0 Å². The zero-order valence-electron chi connectivity index (χ0n) is 11.6. The number of rotatable bonds is 5. The number of benzene rings is 1. The average Bonchev–Trinajstić information content (AvgIpc) is 2.50. The zero-order chi connectivity index (χ0) is 17.0. The molecule has 2 aromatic rings. The van der Waals surface area contributed by atoms with Crippen LogP contribution in [0, 0.1) is 0 Å². The summed E-state index contributed by atoms with van der Waals surface area (Å²) < 4.78 is 33.8. The van der Waals surface area contributed by atoms with Gasteiger partial charge in [0.15, 0.2) is 11.5 Å². The van der Waals surface area contributed by atoms with Gasteiger partial charge in [-0.1, -0.05) is 23.2 Å². The van der Waals surface area contributed by atoms with Crippen LogP contribution in [0.3, 0.4) is 0 Å². The van der Waals surface area contributed by atoms with Crippen LogP contribution in [0.4, 0.5) is 14.5 Å². The summed E-state index contributed by atoms with van der Waals surface area (Å²) in [5.74, 6) is -0.745. The molecule has 0 atom stereocenters. The van der Waals surface area contributed by atoms with Crippen molar-refractivity contribution in [3.05, 3.63) is 46.2 Å². The second kappa shape index (κ2) is 7.43. The number of halogens is 4. The minimum atomic E-state index is -3.00. The van der Waals surface area contributed by atoms with Gasteiger partial charge in [0, 0.05) is 18.0 Å². The predicted molar refractivity (Wildman–Crippen MR) is 81.8 cm³/mol. The first-order valence-corrected chi connectivity index (χ1v) is 6.91. The lowest BCUT2D eigenvalue weighted by molar-refractivity contribution is -0.0512. The van der Waals surface area contributed by atoms with E-state index in [4.69, 9.17) is 27.9 Å². The number of carbonyl (C=O) groups excluding carboxylic acids is 1. The molecule has 122 valence electrons. The Kier molecular flexibility index (Phi) is 5.57. The highest BCUT2D eigenvalue weighted by atomic mass is 35.5. The number of anilines is 1. The standard InChI is InChI=1S/C14H10Cl2F2N2O3/c1-22-11-4-7(2-3-10(11)23-14(17)18)13(21)20-12-8(15)5-19-6-9(12)16/h2-6,14H,1H3,(H,19,20,21). The topological polar surface area (TPSA) is 60.5 Å². The zero-order valence-corrected chi connectivity index (χ0v) is 13.2. The Bertz CT molecular complexity index is 709. The number of amides is 1. The van der Waals surface area contributed by atoms with Crippen LogP contribution in [0.15, 0.2) is 30.6 Å². The third-order valence-corrected chi connectivity index (χ3v) is 3.31. The quantitative estimate of drug-likeness (QED) is 0.863. The van der Waals surface area contributed by atoms with Gasteiger partial charge in [0.1, 0.15) is 0 Å².